The Kier molecular flexibility index (Phi) is 4.74. The molecule has 2 nitrogen and oxygen atoms in total. The van der Waals surface area contributed by atoms with Gasteiger partial charge in [-0.3, -0.25) is 0 Å². The molecule has 2 atom stereocenters. The minimum absolute atomic E-state index is 0.124. The number of aliphatic hydroxyl groups excluding tert-OH is 1. The van der Waals surface area contributed by atoms with Crippen molar-refractivity contribution >= 4 is 0 Å². The second-order valence-corrected chi connectivity index (χ2v) is 4.52. The minimum Gasteiger partial charge on any atom is -0.393 e. The molecule has 0 aliphatic carbocycles. The van der Waals surface area contributed by atoms with Crippen molar-refractivity contribution < 1.29 is 9.84 Å². The van der Waals surface area contributed by atoms with E-state index < -0.39 is 0 Å². The molecule has 1 saturated heterocycles. The smallest absolute Gasteiger partial charge is 0.0591 e. The monoisotopic (exact) mass is 186 g/mol. The first-order valence-electron chi connectivity index (χ1n) is 5.46. The molecule has 0 saturated carbocycles. The van der Waals surface area contributed by atoms with Crippen LogP contribution in [0.4, 0.5) is 0 Å². The first-order chi connectivity index (χ1) is 6.20. The predicted octanol–water partition coefficient (Wildman–Crippen LogP) is 2.21. The lowest BCUT2D eigenvalue weighted by Crippen LogP contribution is -2.20. The van der Waals surface area contributed by atoms with Crippen LogP contribution in [0.25, 0.3) is 0 Å². The maximum atomic E-state index is 9.78. The summed E-state index contributed by atoms with van der Waals surface area (Å²) in [6, 6.07) is 0. The summed E-state index contributed by atoms with van der Waals surface area (Å²) in [5, 5.41) is 9.78. The van der Waals surface area contributed by atoms with Crippen LogP contribution in [0.15, 0.2) is 0 Å². The van der Waals surface area contributed by atoms with Crippen molar-refractivity contribution in [3.05, 3.63) is 0 Å². The van der Waals surface area contributed by atoms with Crippen molar-refractivity contribution in [2.24, 2.45) is 11.8 Å². The number of rotatable bonds is 5. The molecular formula is C11H22O2. The number of ether oxygens (including phenoxy) is 1. The molecule has 0 spiro atoms. The van der Waals surface area contributed by atoms with E-state index in [2.05, 4.69) is 13.8 Å². The molecule has 13 heavy (non-hydrogen) atoms. The van der Waals surface area contributed by atoms with E-state index in [1.165, 1.54) is 6.42 Å². The highest BCUT2D eigenvalue weighted by atomic mass is 16.5. The van der Waals surface area contributed by atoms with Gasteiger partial charge in [0.25, 0.3) is 0 Å². The SMILES string of the molecule is CC(C)CCCC(O)C1CCOC1. The average Bonchev–Trinajstić information content (AvgIpc) is 2.55. The molecule has 0 amide bonds. The fraction of sp³-hybridized carbons (Fsp3) is 1.00. The topological polar surface area (TPSA) is 29.5 Å². The Morgan fingerprint density at radius 3 is 2.69 bits per heavy atom. The summed E-state index contributed by atoms with van der Waals surface area (Å²) in [7, 11) is 0. The molecule has 0 aromatic rings. The normalized spacial score (nSPS) is 25.4. The average molecular weight is 186 g/mol. The third-order valence-corrected chi connectivity index (χ3v) is 2.79. The first kappa shape index (κ1) is 11.0. The molecule has 2 unspecified atom stereocenters. The van der Waals surface area contributed by atoms with Crippen LogP contribution in [-0.2, 0) is 4.74 Å². The fourth-order valence-corrected chi connectivity index (χ4v) is 1.83. The summed E-state index contributed by atoms with van der Waals surface area (Å²) in [5.41, 5.74) is 0. The van der Waals surface area contributed by atoms with E-state index in [1.807, 2.05) is 0 Å². The summed E-state index contributed by atoms with van der Waals surface area (Å²) in [6.45, 7) is 6.06. The van der Waals surface area contributed by atoms with Crippen molar-refractivity contribution in [1.29, 1.82) is 0 Å². The van der Waals surface area contributed by atoms with Crippen molar-refractivity contribution in [2.75, 3.05) is 13.2 Å². The highest BCUT2D eigenvalue weighted by Crippen LogP contribution is 2.21. The number of hydrogen-bond donors (Lipinski definition) is 1. The first-order valence-corrected chi connectivity index (χ1v) is 5.46. The van der Waals surface area contributed by atoms with Crippen LogP contribution in [-0.4, -0.2) is 24.4 Å². The summed E-state index contributed by atoms with van der Waals surface area (Å²) in [6.07, 6.45) is 4.25. The van der Waals surface area contributed by atoms with Crippen LogP contribution < -0.4 is 0 Å². The van der Waals surface area contributed by atoms with E-state index in [-0.39, 0.29) is 6.10 Å². The van der Waals surface area contributed by atoms with Gasteiger partial charge in [-0.15, -0.1) is 0 Å². The van der Waals surface area contributed by atoms with Gasteiger partial charge in [0.05, 0.1) is 12.7 Å². The van der Waals surface area contributed by atoms with Gasteiger partial charge in [-0.1, -0.05) is 26.7 Å². The van der Waals surface area contributed by atoms with E-state index in [0.29, 0.717) is 5.92 Å². The molecule has 1 aliphatic heterocycles. The second-order valence-electron chi connectivity index (χ2n) is 4.52. The molecule has 2 heteroatoms. The maximum Gasteiger partial charge on any atom is 0.0591 e. The molecule has 1 heterocycles. The van der Waals surface area contributed by atoms with Gasteiger partial charge in [-0.2, -0.15) is 0 Å². The van der Waals surface area contributed by atoms with Crippen LogP contribution in [0.3, 0.4) is 0 Å². The lowest BCUT2D eigenvalue weighted by atomic mass is 9.95. The van der Waals surface area contributed by atoms with Gasteiger partial charge in [0.2, 0.25) is 0 Å². The molecule has 0 radical (unpaired) electrons. The van der Waals surface area contributed by atoms with Crippen molar-refractivity contribution in [1.82, 2.24) is 0 Å². The molecule has 1 N–H and O–H groups in total. The Balaban J connectivity index is 2.06. The molecule has 78 valence electrons. The maximum absolute atomic E-state index is 9.78. The van der Waals surface area contributed by atoms with Crippen LogP contribution in [0, 0.1) is 11.8 Å². The highest BCUT2D eigenvalue weighted by molar-refractivity contribution is 4.72. The predicted molar refractivity (Wildman–Crippen MR) is 53.6 cm³/mol. The lowest BCUT2D eigenvalue weighted by Gasteiger charge is -2.16. The van der Waals surface area contributed by atoms with Crippen molar-refractivity contribution in [2.45, 2.75) is 45.6 Å². The Labute approximate surface area is 81.3 Å². The standard InChI is InChI=1S/C11H22O2/c1-9(2)4-3-5-11(12)10-6-7-13-8-10/h9-12H,3-8H2,1-2H3. The van der Waals surface area contributed by atoms with Crippen LogP contribution in [0.1, 0.15) is 39.5 Å². The summed E-state index contributed by atoms with van der Waals surface area (Å²) in [4.78, 5) is 0. The van der Waals surface area contributed by atoms with Gasteiger partial charge >= 0.3 is 0 Å². The van der Waals surface area contributed by atoms with E-state index in [0.717, 1.165) is 38.4 Å². The Morgan fingerprint density at radius 2 is 2.15 bits per heavy atom. The van der Waals surface area contributed by atoms with Gasteiger partial charge in [0.15, 0.2) is 0 Å². The fourth-order valence-electron chi connectivity index (χ4n) is 1.83. The Bertz CT molecular complexity index is 128. The van der Waals surface area contributed by atoms with Crippen molar-refractivity contribution in [3.8, 4) is 0 Å². The highest BCUT2D eigenvalue weighted by Gasteiger charge is 2.23. The van der Waals surface area contributed by atoms with Gasteiger partial charge in [-0.25, -0.2) is 0 Å². The minimum atomic E-state index is -0.124. The Hall–Kier alpha value is -0.0800. The molecule has 0 aromatic heterocycles. The van der Waals surface area contributed by atoms with Crippen LogP contribution in [0.2, 0.25) is 0 Å². The number of aliphatic hydroxyl groups is 1. The lowest BCUT2D eigenvalue weighted by molar-refractivity contribution is 0.0819. The third-order valence-electron chi connectivity index (χ3n) is 2.79. The van der Waals surface area contributed by atoms with E-state index in [9.17, 15) is 5.11 Å². The zero-order valence-electron chi connectivity index (χ0n) is 8.83. The molecular weight excluding hydrogens is 164 g/mol. The molecule has 0 aromatic carbocycles. The quantitative estimate of drug-likeness (QED) is 0.713. The Morgan fingerprint density at radius 1 is 1.38 bits per heavy atom. The largest absolute Gasteiger partial charge is 0.393 e. The van der Waals surface area contributed by atoms with Gasteiger partial charge in [0.1, 0.15) is 0 Å². The number of hydrogen-bond acceptors (Lipinski definition) is 2. The van der Waals surface area contributed by atoms with Gasteiger partial charge in [-0.05, 0) is 18.8 Å². The van der Waals surface area contributed by atoms with Crippen LogP contribution >= 0.6 is 0 Å². The molecule has 1 fully saturated rings. The zero-order valence-corrected chi connectivity index (χ0v) is 8.83. The molecule has 1 aliphatic rings. The zero-order chi connectivity index (χ0) is 9.68. The van der Waals surface area contributed by atoms with E-state index in [1.54, 1.807) is 0 Å². The van der Waals surface area contributed by atoms with Gasteiger partial charge in [0, 0.05) is 12.5 Å². The van der Waals surface area contributed by atoms with E-state index in [4.69, 9.17) is 4.74 Å². The molecule has 0 bridgehead atoms. The van der Waals surface area contributed by atoms with Crippen molar-refractivity contribution in [3.63, 3.8) is 0 Å². The second kappa shape index (κ2) is 5.61. The van der Waals surface area contributed by atoms with E-state index >= 15 is 0 Å². The molecule has 1 rings (SSSR count). The van der Waals surface area contributed by atoms with Crippen LogP contribution in [0.5, 0.6) is 0 Å². The summed E-state index contributed by atoms with van der Waals surface area (Å²) in [5.74, 6) is 1.17. The summed E-state index contributed by atoms with van der Waals surface area (Å²) < 4.78 is 5.25. The van der Waals surface area contributed by atoms with Gasteiger partial charge < -0.3 is 9.84 Å². The summed E-state index contributed by atoms with van der Waals surface area (Å²) >= 11 is 0. The third kappa shape index (κ3) is 4.10.